The summed E-state index contributed by atoms with van der Waals surface area (Å²) in [6.45, 7) is 6.21. The highest BCUT2D eigenvalue weighted by molar-refractivity contribution is 5.13. The first-order valence-electron chi connectivity index (χ1n) is 7.00. The zero-order chi connectivity index (χ0) is 13.5. The van der Waals surface area contributed by atoms with Gasteiger partial charge in [0.1, 0.15) is 0 Å². The lowest BCUT2D eigenvalue weighted by atomic mass is 10.1. The Bertz CT molecular complexity index is 478. The molecule has 2 aromatic heterocycles. The average Bonchev–Trinajstić information content (AvgIpc) is 2.88. The molecule has 2 aromatic rings. The van der Waals surface area contributed by atoms with Crippen LogP contribution in [0.3, 0.4) is 0 Å². The molecule has 2 heterocycles. The van der Waals surface area contributed by atoms with Crippen molar-refractivity contribution < 1.29 is 0 Å². The molecule has 4 nitrogen and oxygen atoms in total. The zero-order valence-electron chi connectivity index (χ0n) is 11.7. The lowest BCUT2D eigenvalue weighted by Crippen LogP contribution is -2.26. The monoisotopic (exact) mass is 258 g/mol. The Labute approximate surface area is 114 Å². The molecule has 0 aliphatic rings. The summed E-state index contributed by atoms with van der Waals surface area (Å²) in [6.07, 6.45) is 5.72. The molecule has 0 saturated heterocycles. The molecule has 1 atom stereocenters. The molecule has 0 amide bonds. The minimum atomic E-state index is 0.272. The third kappa shape index (κ3) is 3.64. The zero-order valence-corrected chi connectivity index (χ0v) is 11.7. The molecule has 1 unspecified atom stereocenters. The van der Waals surface area contributed by atoms with Crippen molar-refractivity contribution in [3.05, 3.63) is 48.0 Å². The van der Waals surface area contributed by atoms with Gasteiger partial charge in [-0.05, 0) is 31.2 Å². The summed E-state index contributed by atoms with van der Waals surface area (Å²) < 4.78 is 2.09. The van der Waals surface area contributed by atoms with Crippen molar-refractivity contribution in [1.82, 2.24) is 20.1 Å². The van der Waals surface area contributed by atoms with E-state index in [1.54, 1.807) is 0 Å². The van der Waals surface area contributed by atoms with Crippen LogP contribution in [0.15, 0.2) is 36.7 Å². The number of likely N-dealkylation sites (N-methyl/N-ethyl adjacent to an activating group) is 1. The summed E-state index contributed by atoms with van der Waals surface area (Å²) in [5.74, 6) is 0. The summed E-state index contributed by atoms with van der Waals surface area (Å²) in [5, 5.41) is 7.94. The molecule has 4 heteroatoms. The van der Waals surface area contributed by atoms with Gasteiger partial charge in [-0.1, -0.05) is 19.9 Å². The molecule has 2 rings (SSSR count). The van der Waals surface area contributed by atoms with E-state index < -0.39 is 0 Å². The number of pyridine rings is 1. The first-order valence-corrected chi connectivity index (χ1v) is 7.00. The van der Waals surface area contributed by atoms with Crippen LogP contribution in [0, 0.1) is 0 Å². The van der Waals surface area contributed by atoms with E-state index in [1.165, 1.54) is 5.69 Å². The maximum Gasteiger partial charge on any atom is 0.0557 e. The molecule has 0 fully saturated rings. The van der Waals surface area contributed by atoms with Crippen LogP contribution in [0.25, 0.3) is 0 Å². The van der Waals surface area contributed by atoms with E-state index in [0.717, 1.165) is 31.6 Å². The van der Waals surface area contributed by atoms with Gasteiger partial charge in [0, 0.05) is 31.1 Å². The topological polar surface area (TPSA) is 42.7 Å². The van der Waals surface area contributed by atoms with E-state index in [0.29, 0.717) is 0 Å². The Kier molecular flexibility index (Phi) is 5.10. The fourth-order valence-electron chi connectivity index (χ4n) is 2.29. The van der Waals surface area contributed by atoms with Gasteiger partial charge < -0.3 is 5.32 Å². The molecule has 0 radical (unpaired) electrons. The third-order valence-corrected chi connectivity index (χ3v) is 3.13. The number of aromatic nitrogens is 3. The highest BCUT2D eigenvalue weighted by atomic mass is 15.3. The smallest absolute Gasteiger partial charge is 0.0557 e. The Morgan fingerprint density at radius 2 is 2.11 bits per heavy atom. The van der Waals surface area contributed by atoms with Gasteiger partial charge in [-0.15, -0.1) is 0 Å². The fourth-order valence-corrected chi connectivity index (χ4v) is 2.29. The standard InChI is InChI=1S/C15H22N4/c1-3-11-19-15(8-10-18-19)14(16-4-2)12-13-7-5-6-9-17-13/h5-10,14,16H,3-4,11-12H2,1-2H3. The number of rotatable bonds is 7. The normalized spacial score (nSPS) is 12.5. The quantitative estimate of drug-likeness (QED) is 0.830. The molecule has 0 aliphatic carbocycles. The Hall–Kier alpha value is -1.68. The Morgan fingerprint density at radius 1 is 1.21 bits per heavy atom. The summed E-state index contributed by atoms with van der Waals surface area (Å²) in [5.41, 5.74) is 2.35. The SMILES string of the molecule is CCCn1nccc1C(Cc1ccccn1)NCC. The highest BCUT2D eigenvalue weighted by Gasteiger charge is 2.16. The lowest BCUT2D eigenvalue weighted by Gasteiger charge is -2.19. The van der Waals surface area contributed by atoms with Crippen LogP contribution in [0.4, 0.5) is 0 Å². The maximum absolute atomic E-state index is 4.42. The van der Waals surface area contributed by atoms with Crippen molar-refractivity contribution in [3.8, 4) is 0 Å². The number of hydrogen-bond acceptors (Lipinski definition) is 3. The van der Waals surface area contributed by atoms with E-state index >= 15 is 0 Å². The molecule has 0 saturated carbocycles. The summed E-state index contributed by atoms with van der Waals surface area (Å²) >= 11 is 0. The summed E-state index contributed by atoms with van der Waals surface area (Å²) in [4.78, 5) is 4.42. The molecule has 0 aliphatic heterocycles. The second kappa shape index (κ2) is 7.04. The number of nitrogens with one attached hydrogen (secondary N) is 1. The first-order chi connectivity index (χ1) is 9.35. The number of nitrogens with zero attached hydrogens (tertiary/aromatic N) is 3. The van der Waals surface area contributed by atoms with Crippen molar-refractivity contribution in [3.63, 3.8) is 0 Å². The second-order valence-corrected chi connectivity index (χ2v) is 4.61. The Balaban J connectivity index is 2.17. The van der Waals surface area contributed by atoms with Crippen LogP contribution in [0.5, 0.6) is 0 Å². The molecule has 19 heavy (non-hydrogen) atoms. The highest BCUT2D eigenvalue weighted by Crippen LogP contribution is 2.17. The van der Waals surface area contributed by atoms with Crippen LogP contribution in [-0.2, 0) is 13.0 Å². The van der Waals surface area contributed by atoms with Crippen LogP contribution >= 0.6 is 0 Å². The summed E-state index contributed by atoms with van der Waals surface area (Å²) in [7, 11) is 0. The van der Waals surface area contributed by atoms with E-state index in [2.05, 4.69) is 46.1 Å². The predicted octanol–water partition coefficient (Wildman–Crippen LogP) is 2.58. The minimum Gasteiger partial charge on any atom is -0.309 e. The van der Waals surface area contributed by atoms with Crippen molar-refractivity contribution in [2.24, 2.45) is 0 Å². The Morgan fingerprint density at radius 3 is 2.79 bits per heavy atom. The van der Waals surface area contributed by atoms with Crippen LogP contribution < -0.4 is 5.32 Å². The molecule has 102 valence electrons. The van der Waals surface area contributed by atoms with Crippen molar-refractivity contribution in [2.45, 2.75) is 39.3 Å². The first kappa shape index (κ1) is 13.7. The van der Waals surface area contributed by atoms with Crippen LogP contribution in [-0.4, -0.2) is 21.3 Å². The van der Waals surface area contributed by atoms with Gasteiger partial charge >= 0.3 is 0 Å². The average molecular weight is 258 g/mol. The van der Waals surface area contributed by atoms with E-state index in [4.69, 9.17) is 0 Å². The van der Waals surface area contributed by atoms with Gasteiger partial charge in [0.25, 0.3) is 0 Å². The predicted molar refractivity (Wildman–Crippen MR) is 76.9 cm³/mol. The number of aryl methyl sites for hydroxylation is 1. The summed E-state index contributed by atoms with van der Waals surface area (Å²) in [6, 6.07) is 8.44. The molecular weight excluding hydrogens is 236 g/mol. The second-order valence-electron chi connectivity index (χ2n) is 4.61. The number of hydrogen-bond donors (Lipinski definition) is 1. The van der Waals surface area contributed by atoms with Crippen molar-refractivity contribution in [2.75, 3.05) is 6.54 Å². The minimum absolute atomic E-state index is 0.272. The van der Waals surface area contributed by atoms with Gasteiger partial charge in [0.15, 0.2) is 0 Å². The van der Waals surface area contributed by atoms with E-state index in [9.17, 15) is 0 Å². The van der Waals surface area contributed by atoms with Gasteiger partial charge in [-0.2, -0.15) is 5.10 Å². The lowest BCUT2D eigenvalue weighted by molar-refractivity contribution is 0.475. The van der Waals surface area contributed by atoms with Crippen LogP contribution in [0.1, 0.15) is 37.7 Å². The molecular formula is C15H22N4. The van der Waals surface area contributed by atoms with Gasteiger partial charge in [0.05, 0.1) is 11.7 Å². The third-order valence-electron chi connectivity index (χ3n) is 3.13. The van der Waals surface area contributed by atoms with Crippen LogP contribution in [0.2, 0.25) is 0 Å². The van der Waals surface area contributed by atoms with E-state index in [-0.39, 0.29) is 6.04 Å². The van der Waals surface area contributed by atoms with Crippen molar-refractivity contribution in [1.29, 1.82) is 0 Å². The largest absolute Gasteiger partial charge is 0.309 e. The molecule has 1 N–H and O–H groups in total. The maximum atomic E-state index is 4.42. The molecule has 0 bridgehead atoms. The molecule has 0 spiro atoms. The van der Waals surface area contributed by atoms with E-state index in [1.807, 2.05) is 24.5 Å². The van der Waals surface area contributed by atoms with Gasteiger partial charge in [-0.25, -0.2) is 0 Å². The fraction of sp³-hybridized carbons (Fsp3) is 0.467. The molecule has 0 aromatic carbocycles. The van der Waals surface area contributed by atoms with Crippen molar-refractivity contribution >= 4 is 0 Å². The van der Waals surface area contributed by atoms with Gasteiger partial charge in [0.2, 0.25) is 0 Å². The van der Waals surface area contributed by atoms with Gasteiger partial charge in [-0.3, -0.25) is 9.67 Å².